The molecular formula is C30H41F3N4O3. The molecule has 10 heteroatoms. The van der Waals surface area contributed by atoms with Crippen molar-refractivity contribution in [3.05, 3.63) is 52.5 Å². The number of carboxylic acid groups (broad SMARTS) is 1. The van der Waals surface area contributed by atoms with Gasteiger partial charge in [0.25, 0.3) is 0 Å². The minimum atomic E-state index is -3.26. The van der Waals surface area contributed by atoms with Crippen molar-refractivity contribution in [2.24, 2.45) is 0 Å². The smallest absolute Gasteiger partial charge is 0.387 e. The number of ether oxygens (including phenoxy) is 1. The summed E-state index contributed by atoms with van der Waals surface area (Å²) >= 11 is 0. The van der Waals surface area contributed by atoms with E-state index in [-0.39, 0.29) is 17.5 Å². The lowest BCUT2D eigenvalue weighted by Crippen LogP contribution is -2.38. The number of likely N-dealkylation sites (tertiary alicyclic amines) is 1. The molecule has 2 aliphatic rings. The maximum atomic E-state index is 14.8. The molecule has 1 aromatic carbocycles. The van der Waals surface area contributed by atoms with E-state index in [0.717, 1.165) is 75.6 Å². The van der Waals surface area contributed by atoms with Crippen LogP contribution in [0.1, 0.15) is 80.3 Å². The first-order valence-corrected chi connectivity index (χ1v) is 14.3. The van der Waals surface area contributed by atoms with Crippen molar-refractivity contribution in [3.8, 4) is 5.75 Å². The molecule has 0 amide bonds. The number of hydrogen-bond acceptors (Lipinski definition) is 6. The number of fused-ring (bicyclic) bond motifs is 1. The van der Waals surface area contributed by atoms with Gasteiger partial charge in [0.1, 0.15) is 11.9 Å². The molecule has 2 aromatic rings. The van der Waals surface area contributed by atoms with Gasteiger partial charge in [-0.2, -0.15) is 8.78 Å². The number of carbonyl (C=O) groups is 1. The lowest BCUT2D eigenvalue weighted by atomic mass is 9.95. The minimum absolute atomic E-state index is 0.0641. The fourth-order valence-electron chi connectivity index (χ4n) is 5.77. The number of aryl methyl sites for hydroxylation is 2. The molecule has 0 radical (unpaired) electrons. The fraction of sp³-hybridized carbons (Fsp3) is 0.600. The van der Waals surface area contributed by atoms with Crippen LogP contribution < -0.4 is 10.1 Å². The van der Waals surface area contributed by atoms with Gasteiger partial charge in [0.15, 0.2) is 11.6 Å². The molecule has 0 bridgehead atoms. The number of aromatic nitrogens is 1. The van der Waals surface area contributed by atoms with Crippen LogP contribution in [0.25, 0.3) is 0 Å². The highest BCUT2D eigenvalue weighted by Crippen LogP contribution is 2.38. The van der Waals surface area contributed by atoms with Crippen LogP contribution in [0.5, 0.6) is 5.75 Å². The molecule has 1 saturated heterocycles. The van der Waals surface area contributed by atoms with Crippen LogP contribution in [-0.4, -0.2) is 71.7 Å². The van der Waals surface area contributed by atoms with Gasteiger partial charge in [-0.3, -0.25) is 9.69 Å². The average molecular weight is 563 g/mol. The fourth-order valence-corrected chi connectivity index (χ4v) is 5.77. The van der Waals surface area contributed by atoms with Crippen molar-refractivity contribution < 1.29 is 27.8 Å². The van der Waals surface area contributed by atoms with Crippen molar-refractivity contribution >= 4 is 11.8 Å². The summed E-state index contributed by atoms with van der Waals surface area (Å²) in [4.78, 5) is 21.1. The average Bonchev–Trinajstić information content (AvgIpc) is 3.39. The quantitative estimate of drug-likeness (QED) is 0.297. The number of carboxylic acids is 1. The van der Waals surface area contributed by atoms with E-state index in [0.29, 0.717) is 18.7 Å². The molecule has 2 N–H and O–H groups in total. The van der Waals surface area contributed by atoms with Crippen molar-refractivity contribution in [1.29, 1.82) is 0 Å². The SMILES string of the molecule is CC(C)c1cc(F)c(OC(F)F)c([C@@H](C(=O)O)N2CC[C@@H](N(C)CCCCCc3ccc4c(n3)NCCC4)C2)c1. The maximum absolute atomic E-state index is 14.8. The molecular weight excluding hydrogens is 521 g/mol. The standard InChI is InChI=1S/C30H41F3N4O3/c1-19(2)21-16-24(27(25(31)17-21)40-30(32)33)26(29(38)39)37-15-12-23(18-37)36(3)14-6-4-5-9-22-11-10-20-8-7-13-34-28(20)35-22/h10-11,16-17,19,23,26,30H,4-9,12-15,18H2,1-3H3,(H,34,35)(H,38,39)/t23-,26+/m1/s1. The van der Waals surface area contributed by atoms with E-state index in [1.807, 2.05) is 20.9 Å². The number of alkyl halides is 2. The number of likely N-dealkylation sites (N-methyl/N-ethyl adjacent to an activating group) is 1. The van der Waals surface area contributed by atoms with Crippen molar-refractivity contribution in [2.75, 3.05) is 38.5 Å². The number of halogens is 3. The number of hydrogen-bond donors (Lipinski definition) is 2. The van der Waals surface area contributed by atoms with Gasteiger partial charge in [0.05, 0.1) is 0 Å². The predicted octanol–water partition coefficient (Wildman–Crippen LogP) is 5.85. The minimum Gasteiger partial charge on any atom is -0.480 e. The van der Waals surface area contributed by atoms with Crippen LogP contribution in [0.4, 0.5) is 19.0 Å². The third kappa shape index (κ3) is 7.46. The highest BCUT2D eigenvalue weighted by Gasteiger charge is 2.38. The number of nitrogens with zero attached hydrogens (tertiary/aromatic N) is 3. The second kappa shape index (κ2) is 13.7. The highest BCUT2D eigenvalue weighted by molar-refractivity contribution is 5.77. The Kier molecular flexibility index (Phi) is 10.3. The molecule has 220 valence electrons. The zero-order valence-corrected chi connectivity index (χ0v) is 23.6. The van der Waals surface area contributed by atoms with Gasteiger partial charge < -0.3 is 20.1 Å². The zero-order valence-electron chi connectivity index (χ0n) is 23.6. The van der Waals surface area contributed by atoms with E-state index in [2.05, 4.69) is 27.1 Å². The van der Waals surface area contributed by atoms with Gasteiger partial charge in [0, 0.05) is 36.9 Å². The summed E-state index contributed by atoms with van der Waals surface area (Å²) in [6.45, 7) is 3.17. The Morgan fingerprint density at radius 1 is 1.25 bits per heavy atom. The van der Waals surface area contributed by atoms with Crippen LogP contribution >= 0.6 is 0 Å². The molecule has 2 aliphatic heterocycles. The molecule has 0 aliphatic carbocycles. The number of benzene rings is 1. The number of unbranched alkanes of at least 4 members (excludes halogenated alkanes) is 2. The van der Waals surface area contributed by atoms with Crippen LogP contribution in [0, 0.1) is 5.82 Å². The van der Waals surface area contributed by atoms with Gasteiger partial charge >= 0.3 is 12.6 Å². The molecule has 2 atom stereocenters. The zero-order chi connectivity index (χ0) is 28.8. The van der Waals surface area contributed by atoms with Crippen LogP contribution in [-0.2, 0) is 17.6 Å². The van der Waals surface area contributed by atoms with Gasteiger partial charge in [-0.05, 0) is 87.4 Å². The molecule has 7 nitrogen and oxygen atoms in total. The molecule has 0 saturated carbocycles. The van der Waals surface area contributed by atoms with E-state index in [1.165, 1.54) is 11.6 Å². The first-order valence-electron chi connectivity index (χ1n) is 14.3. The Bertz CT molecular complexity index is 1160. The van der Waals surface area contributed by atoms with Gasteiger partial charge in [-0.15, -0.1) is 0 Å². The lowest BCUT2D eigenvalue weighted by Gasteiger charge is -2.29. The second-order valence-corrected chi connectivity index (χ2v) is 11.3. The second-order valence-electron chi connectivity index (χ2n) is 11.3. The summed E-state index contributed by atoms with van der Waals surface area (Å²) in [6, 6.07) is 5.79. The summed E-state index contributed by atoms with van der Waals surface area (Å²) in [5.41, 5.74) is 2.88. The third-order valence-corrected chi connectivity index (χ3v) is 8.08. The Morgan fingerprint density at radius 2 is 2.05 bits per heavy atom. The Labute approximate surface area is 234 Å². The van der Waals surface area contributed by atoms with E-state index >= 15 is 0 Å². The number of nitrogens with one attached hydrogen (secondary N) is 1. The van der Waals surface area contributed by atoms with Crippen molar-refractivity contribution in [2.45, 2.75) is 83.4 Å². The topological polar surface area (TPSA) is 77.9 Å². The van der Waals surface area contributed by atoms with Gasteiger partial charge in [0.2, 0.25) is 0 Å². The summed E-state index contributed by atoms with van der Waals surface area (Å²) in [5, 5.41) is 13.5. The Morgan fingerprint density at radius 3 is 2.77 bits per heavy atom. The van der Waals surface area contributed by atoms with Gasteiger partial charge in [-0.25, -0.2) is 9.37 Å². The monoisotopic (exact) mass is 562 g/mol. The van der Waals surface area contributed by atoms with E-state index in [4.69, 9.17) is 4.98 Å². The molecule has 0 unspecified atom stereocenters. The van der Waals surface area contributed by atoms with Crippen LogP contribution in [0.15, 0.2) is 24.3 Å². The molecule has 40 heavy (non-hydrogen) atoms. The Hall–Kier alpha value is -2.85. The number of rotatable bonds is 13. The van der Waals surface area contributed by atoms with Crippen molar-refractivity contribution in [1.82, 2.24) is 14.8 Å². The first kappa shape index (κ1) is 30.1. The molecule has 0 spiro atoms. The summed E-state index contributed by atoms with van der Waals surface area (Å²) in [5.74, 6) is -1.95. The molecule has 1 fully saturated rings. The maximum Gasteiger partial charge on any atom is 0.387 e. The number of pyridine rings is 1. The van der Waals surface area contributed by atoms with Crippen LogP contribution in [0.3, 0.4) is 0 Å². The van der Waals surface area contributed by atoms with Crippen molar-refractivity contribution in [3.63, 3.8) is 0 Å². The van der Waals surface area contributed by atoms with Crippen LogP contribution in [0.2, 0.25) is 0 Å². The molecule has 1 aromatic heterocycles. The predicted molar refractivity (Wildman–Crippen MR) is 149 cm³/mol. The first-order chi connectivity index (χ1) is 19.1. The van der Waals surface area contributed by atoms with E-state index < -0.39 is 30.2 Å². The lowest BCUT2D eigenvalue weighted by molar-refractivity contribution is -0.143. The van der Waals surface area contributed by atoms with E-state index in [9.17, 15) is 23.1 Å². The van der Waals surface area contributed by atoms with E-state index in [1.54, 1.807) is 4.90 Å². The summed E-state index contributed by atoms with van der Waals surface area (Å²) in [6.07, 6.45) is 7.01. The Balaban J connectivity index is 1.32. The molecule has 4 rings (SSSR count). The van der Waals surface area contributed by atoms with Gasteiger partial charge in [-0.1, -0.05) is 26.3 Å². The number of aliphatic carboxylic acids is 1. The molecule has 3 heterocycles. The third-order valence-electron chi connectivity index (χ3n) is 8.08. The number of anilines is 1. The normalized spacial score (nSPS) is 18.3. The highest BCUT2D eigenvalue weighted by atomic mass is 19.3. The largest absolute Gasteiger partial charge is 0.480 e. The summed E-state index contributed by atoms with van der Waals surface area (Å²) < 4.78 is 45.6. The summed E-state index contributed by atoms with van der Waals surface area (Å²) in [7, 11) is 2.03.